The van der Waals surface area contributed by atoms with Gasteiger partial charge in [-0.2, -0.15) is 5.10 Å². The van der Waals surface area contributed by atoms with Crippen LogP contribution in [0.1, 0.15) is 81.8 Å². The molecule has 5 rings (SSSR count). The predicted octanol–water partition coefficient (Wildman–Crippen LogP) is 3.39. The highest BCUT2D eigenvalue weighted by atomic mass is 19.1. The predicted molar refractivity (Wildman–Crippen MR) is 183 cm³/mol. The zero-order valence-corrected chi connectivity index (χ0v) is 29.6. The number of aromatic nitrogens is 2. The molecule has 2 aromatic rings. The summed E-state index contributed by atoms with van der Waals surface area (Å²) in [6.45, 7) is 9.78. The highest BCUT2D eigenvalue weighted by Crippen LogP contribution is 2.51. The van der Waals surface area contributed by atoms with E-state index in [0.717, 1.165) is 25.7 Å². The largest absolute Gasteiger partial charge is 0.372 e. The lowest BCUT2D eigenvalue weighted by molar-refractivity contribution is -0.142. The number of carbonyl (C=O) groups is 4. The summed E-state index contributed by atoms with van der Waals surface area (Å²) < 4.78 is 22.8. The number of amides is 4. The van der Waals surface area contributed by atoms with Crippen molar-refractivity contribution >= 4 is 29.3 Å². The van der Waals surface area contributed by atoms with Gasteiger partial charge in [-0.1, -0.05) is 19.9 Å². The van der Waals surface area contributed by atoms with Gasteiger partial charge in [-0.3, -0.25) is 23.9 Å². The van der Waals surface area contributed by atoms with Crippen molar-refractivity contribution in [3.8, 4) is 0 Å². The second-order valence-electron chi connectivity index (χ2n) is 14.0. The summed E-state index contributed by atoms with van der Waals surface area (Å²) in [5.74, 6) is -2.11. The van der Waals surface area contributed by atoms with Crippen LogP contribution >= 0.6 is 0 Å². The van der Waals surface area contributed by atoms with Crippen molar-refractivity contribution in [2.24, 2.45) is 17.8 Å². The Labute approximate surface area is 288 Å². The van der Waals surface area contributed by atoms with Crippen molar-refractivity contribution in [1.82, 2.24) is 30.2 Å². The summed E-state index contributed by atoms with van der Waals surface area (Å²) in [6.07, 6.45) is 5.26. The Kier molecular flexibility index (Phi) is 11.7. The molecule has 0 bridgehead atoms. The third-order valence-electron chi connectivity index (χ3n) is 10.6. The Balaban J connectivity index is 1.35. The molecule has 5 atom stereocenters. The Bertz CT molecular complexity index is 1490. The van der Waals surface area contributed by atoms with Crippen LogP contribution < -0.4 is 16.0 Å². The first-order chi connectivity index (χ1) is 23.5. The number of likely N-dealkylation sites (N-methyl/N-ethyl adjacent to an activating group) is 1. The van der Waals surface area contributed by atoms with Crippen molar-refractivity contribution in [3.05, 3.63) is 47.5 Å². The van der Waals surface area contributed by atoms with Gasteiger partial charge in [-0.25, -0.2) is 4.39 Å². The van der Waals surface area contributed by atoms with Crippen molar-refractivity contribution in [2.45, 2.75) is 96.5 Å². The van der Waals surface area contributed by atoms with E-state index in [0.29, 0.717) is 55.7 Å². The number of carbonyl (C=O) groups excluding carboxylic acids is 4. The molecule has 0 radical (unpaired) electrons. The molecular weight excluding hydrogens is 629 g/mol. The summed E-state index contributed by atoms with van der Waals surface area (Å²) in [7, 11) is 3.46. The minimum absolute atomic E-state index is 0.0191. The molecule has 2 saturated carbocycles. The Morgan fingerprint density at radius 1 is 1.00 bits per heavy atom. The summed E-state index contributed by atoms with van der Waals surface area (Å²) in [5.41, 5.74) is 0.843. The number of nitrogens with zero attached hydrogens (tertiary/aromatic N) is 4. The van der Waals surface area contributed by atoms with Crippen molar-refractivity contribution < 1.29 is 28.3 Å². The second-order valence-corrected chi connectivity index (χ2v) is 14.0. The summed E-state index contributed by atoms with van der Waals surface area (Å²) in [6, 6.07) is 4.44. The average Bonchev–Trinajstić information content (AvgIpc) is 4.04. The molecule has 1 unspecified atom stereocenters. The van der Waals surface area contributed by atoms with E-state index in [1.807, 2.05) is 27.8 Å². The first-order valence-electron chi connectivity index (χ1n) is 17.7. The molecule has 13 heteroatoms. The fraction of sp³-hybridized carbons (Fsp3) is 0.639. The standard InChI is InChI=1S/C36H52FN7O5/c1-7-29(49-6)34(46)40-31(36(48)43-18-17-42(5)21(3)20-43)22(4)25-13-14-27(26(37)19-25)39-35(47)32(30(23-9-10-23)24-11-12-24)41-33(45)28-15-16-38-44(28)8-2/h13-16,19,21-24,29-32H,7-12,17-18,20H2,1-6H3,(H,39,47)(H,40,46)(H,41,45)/t21-,22+,29?,31-,32+/m1/s1. The third-order valence-corrected chi connectivity index (χ3v) is 10.6. The number of anilines is 1. The molecule has 1 aromatic heterocycles. The number of hydrogen-bond acceptors (Lipinski definition) is 7. The second kappa shape index (κ2) is 15.8. The highest BCUT2D eigenvalue weighted by molar-refractivity contribution is 6.01. The number of aryl methyl sites for hydroxylation is 1. The third kappa shape index (κ3) is 8.49. The van der Waals surface area contributed by atoms with Gasteiger partial charge in [0.15, 0.2) is 0 Å². The quantitative estimate of drug-likeness (QED) is 0.262. The van der Waals surface area contributed by atoms with Gasteiger partial charge < -0.3 is 30.5 Å². The lowest BCUT2D eigenvalue weighted by Crippen LogP contribution is -2.58. The first kappa shape index (κ1) is 36.4. The van der Waals surface area contributed by atoms with E-state index in [4.69, 9.17) is 4.74 Å². The first-order valence-corrected chi connectivity index (χ1v) is 17.7. The number of rotatable bonds is 15. The normalized spacial score (nSPS) is 20.7. The molecule has 3 N–H and O–H groups in total. The lowest BCUT2D eigenvalue weighted by Gasteiger charge is -2.40. The van der Waals surface area contributed by atoms with E-state index in [2.05, 4.69) is 25.9 Å². The van der Waals surface area contributed by atoms with Crippen LogP contribution in [-0.2, 0) is 25.7 Å². The number of nitrogens with one attached hydrogen (secondary N) is 3. The van der Waals surface area contributed by atoms with Crippen LogP contribution in [0.2, 0.25) is 0 Å². The van der Waals surface area contributed by atoms with Crippen LogP contribution in [0, 0.1) is 23.6 Å². The minimum Gasteiger partial charge on any atom is -0.372 e. The van der Waals surface area contributed by atoms with E-state index in [9.17, 15) is 19.2 Å². The van der Waals surface area contributed by atoms with Crippen LogP contribution in [-0.4, -0.2) is 101 Å². The lowest BCUT2D eigenvalue weighted by atomic mass is 9.88. The number of halogens is 1. The fourth-order valence-corrected chi connectivity index (χ4v) is 7.09. The van der Waals surface area contributed by atoms with Gasteiger partial charge in [0.25, 0.3) is 5.91 Å². The van der Waals surface area contributed by atoms with Crippen molar-refractivity contribution in [2.75, 3.05) is 39.1 Å². The van der Waals surface area contributed by atoms with Gasteiger partial charge in [0, 0.05) is 51.4 Å². The molecular formula is C36H52FN7O5. The van der Waals surface area contributed by atoms with E-state index >= 15 is 4.39 Å². The minimum atomic E-state index is -0.957. The van der Waals surface area contributed by atoms with Gasteiger partial charge in [0.2, 0.25) is 17.7 Å². The molecule has 3 fully saturated rings. The molecule has 2 aliphatic carbocycles. The number of hydrogen-bond donors (Lipinski definition) is 3. The number of ether oxygens (including phenoxy) is 1. The zero-order chi connectivity index (χ0) is 35.4. The average molecular weight is 682 g/mol. The maximum Gasteiger partial charge on any atom is 0.270 e. The molecule has 3 aliphatic rings. The van der Waals surface area contributed by atoms with Gasteiger partial charge >= 0.3 is 0 Å². The zero-order valence-electron chi connectivity index (χ0n) is 29.6. The monoisotopic (exact) mass is 681 g/mol. The van der Waals surface area contributed by atoms with Crippen molar-refractivity contribution in [3.63, 3.8) is 0 Å². The van der Waals surface area contributed by atoms with E-state index in [1.165, 1.54) is 19.2 Å². The van der Waals surface area contributed by atoms with Crippen molar-refractivity contribution in [1.29, 1.82) is 0 Å². The molecule has 4 amide bonds. The number of methoxy groups -OCH3 is 1. The molecule has 268 valence electrons. The topological polar surface area (TPSA) is 138 Å². The Hall–Kier alpha value is -3.84. The molecule has 1 aromatic carbocycles. The van der Waals surface area contributed by atoms with Crippen LogP contribution in [0.15, 0.2) is 30.5 Å². The molecule has 1 aliphatic heterocycles. The smallest absolute Gasteiger partial charge is 0.270 e. The summed E-state index contributed by atoms with van der Waals surface area (Å²) in [4.78, 5) is 58.2. The van der Waals surface area contributed by atoms with Crippen LogP contribution in [0.25, 0.3) is 0 Å². The number of benzene rings is 1. The fourth-order valence-electron chi connectivity index (χ4n) is 7.09. The van der Waals surface area contributed by atoms with Gasteiger partial charge in [0.1, 0.15) is 29.7 Å². The SMILES string of the molecule is CCC(OC)C(=O)N[C@@H](C(=O)N1CCN(C)[C@H](C)C1)[C@@H](C)c1ccc(NC(=O)[C@@H](NC(=O)c2ccnn2CC)C(C2CC2)C2CC2)c(F)c1. The molecule has 0 spiro atoms. The van der Waals surface area contributed by atoms with Crippen LogP contribution in [0.4, 0.5) is 10.1 Å². The summed E-state index contributed by atoms with van der Waals surface area (Å²) >= 11 is 0. The van der Waals surface area contributed by atoms with Gasteiger partial charge in [0.05, 0.1) is 5.69 Å². The van der Waals surface area contributed by atoms with E-state index in [1.54, 1.807) is 34.8 Å². The van der Waals surface area contributed by atoms with Gasteiger partial charge in [-0.05, 0) is 94.5 Å². The maximum atomic E-state index is 15.9. The summed E-state index contributed by atoms with van der Waals surface area (Å²) in [5, 5.41) is 12.8. The molecule has 2 heterocycles. The Morgan fingerprint density at radius 3 is 2.27 bits per heavy atom. The maximum absolute atomic E-state index is 15.9. The van der Waals surface area contributed by atoms with E-state index in [-0.39, 0.29) is 29.5 Å². The van der Waals surface area contributed by atoms with Crippen LogP contribution in [0.3, 0.4) is 0 Å². The van der Waals surface area contributed by atoms with E-state index < -0.39 is 41.7 Å². The number of piperazine rings is 1. The molecule has 1 saturated heterocycles. The Morgan fingerprint density at radius 2 is 1.69 bits per heavy atom. The van der Waals surface area contributed by atoms with Gasteiger partial charge in [-0.15, -0.1) is 0 Å². The molecule has 49 heavy (non-hydrogen) atoms. The van der Waals surface area contributed by atoms with Crippen LogP contribution in [0.5, 0.6) is 0 Å². The molecule has 12 nitrogen and oxygen atoms in total. The highest BCUT2D eigenvalue weighted by Gasteiger charge is 2.48.